The summed E-state index contributed by atoms with van der Waals surface area (Å²) in [4.78, 5) is 25.3. The van der Waals surface area contributed by atoms with Crippen LogP contribution in [-0.4, -0.2) is 96.0 Å². The van der Waals surface area contributed by atoms with Crippen molar-refractivity contribution >= 4 is 22.1 Å². The summed E-state index contributed by atoms with van der Waals surface area (Å²) < 4.78 is 53.9. The SMILES string of the molecule is CCCCC/C=C/C/C=C/C/C=C/CCCCC(=O)OC[C@H](CO[C@H]1O[C@H](CS(=O)(=O)O)[C@@H](O)C(O)C1O)OC(=O)CCCCCCC/C=C/CCCCCC. The highest BCUT2D eigenvalue weighted by Crippen LogP contribution is 2.24. The van der Waals surface area contributed by atoms with Gasteiger partial charge >= 0.3 is 11.9 Å². The molecule has 12 nitrogen and oxygen atoms in total. The molecule has 1 rings (SSSR count). The number of carbonyl (C=O) groups is 2. The smallest absolute Gasteiger partial charge is 0.306 e. The first-order valence-electron chi connectivity index (χ1n) is 21.2. The summed E-state index contributed by atoms with van der Waals surface area (Å²) >= 11 is 0. The minimum Gasteiger partial charge on any atom is -0.462 e. The van der Waals surface area contributed by atoms with E-state index in [1.54, 1.807) is 0 Å². The Kier molecular flexibility index (Phi) is 30.9. The van der Waals surface area contributed by atoms with Crippen LogP contribution in [0.15, 0.2) is 48.6 Å². The van der Waals surface area contributed by atoms with Gasteiger partial charge in [0, 0.05) is 12.8 Å². The Morgan fingerprint density at radius 3 is 1.68 bits per heavy atom. The maximum atomic E-state index is 12.8. The van der Waals surface area contributed by atoms with Crippen molar-refractivity contribution in [1.29, 1.82) is 0 Å². The first-order valence-corrected chi connectivity index (χ1v) is 22.8. The molecule has 0 radical (unpaired) electrons. The van der Waals surface area contributed by atoms with E-state index in [-0.39, 0.29) is 19.4 Å². The van der Waals surface area contributed by atoms with Gasteiger partial charge in [0.15, 0.2) is 12.4 Å². The number of aliphatic hydroxyl groups is 3. The number of rotatable bonds is 34. The normalized spacial score (nSPS) is 21.1. The van der Waals surface area contributed by atoms with Crippen LogP contribution in [0, 0.1) is 0 Å². The van der Waals surface area contributed by atoms with Crippen molar-refractivity contribution in [2.75, 3.05) is 19.0 Å². The van der Waals surface area contributed by atoms with Crippen molar-refractivity contribution in [3.05, 3.63) is 48.6 Å². The second-order valence-corrected chi connectivity index (χ2v) is 16.1. The molecule has 1 aliphatic rings. The average Bonchev–Trinajstić information content (AvgIpc) is 3.16. The van der Waals surface area contributed by atoms with Crippen LogP contribution in [0.25, 0.3) is 0 Å². The van der Waals surface area contributed by atoms with Crippen molar-refractivity contribution in [3.8, 4) is 0 Å². The third-order valence-corrected chi connectivity index (χ3v) is 10.1. The fraction of sp³-hybridized carbons (Fsp3) is 0.767. The average molecular weight is 815 g/mol. The number of allylic oxidation sites excluding steroid dienone is 8. The number of aliphatic hydroxyl groups excluding tert-OH is 3. The van der Waals surface area contributed by atoms with Crippen LogP contribution < -0.4 is 0 Å². The van der Waals surface area contributed by atoms with E-state index in [0.29, 0.717) is 12.8 Å². The molecule has 0 aromatic rings. The van der Waals surface area contributed by atoms with E-state index in [9.17, 15) is 37.9 Å². The van der Waals surface area contributed by atoms with Gasteiger partial charge in [0.2, 0.25) is 0 Å². The van der Waals surface area contributed by atoms with Gasteiger partial charge < -0.3 is 34.3 Å². The molecule has 0 bridgehead atoms. The number of ether oxygens (including phenoxy) is 4. The largest absolute Gasteiger partial charge is 0.462 e. The lowest BCUT2D eigenvalue weighted by Crippen LogP contribution is -2.60. The molecule has 0 amide bonds. The summed E-state index contributed by atoms with van der Waals surface area (Å²) in [5.74, 6) is -2.05. The molecule has 0 aromatic heterocycles. The number of esters is 2. The molecule has 0 saturated carbocycles. The third-order valence-electron chi connectivity index (χ3n) is 9.38. The Hall–Kier alpha value is -2.39. The molecule has 0 aliphatic carbocycles. The van der Waals surface area contributed by atoms with E-state index in [2.05, 4.69) is 62.5 Å². The molecule has 13 heteroatoms. The Morgan fingerprint density at radius 1 is 0.607 bits per heavy atom. The van der Waals surface area contributed by atoms with Crippen LogP contribution in [0.1, 0.15) is 155 Å². The van der Waals surface area contributed by atoms with Crippen LogP contribution in [0.2, 0.25) is 0 Å². The number of unbranched alkanes of at least 4 members (excludes halogenated alkanes) is 14. The monoisotopic (exact) mass is 814 g/mol. The van der Waals surface area contributed by atoms with Gasteiger partial charge in [0.1, 0.15) is 36.8 Å². The summed E-state index contributed by atoms with van der Waals surface area (Å²) in [5, 5.41) is 30.8. The zero-order valence-corrected chi connectivity index (χ0v) is 35.0. The molecule has 1 saturated heterocycles. The van der Waals surface area contributed by atoms with E-state index in [4.69, 9.17) is 18.9 Å². The lowest BCUT2D eigenvalue weighted by Gasteiger charge is -2.40. The zero-order chi connectivity index (χ0) is 41.3. The summed E-state index contributed by atoms with van der Waals surface area (Å²) in [6.45, 7) is 3.65. The summed E-state index contributed by atoms with van der Waals surface area (Å²) in [5.41, 5.74) is 0. The zero-order valence-electron chi connectivity index (χ0n) is 34.2. The number of hydrogen-bond acceptors (Lipinski definition) is 11. The number of carbonyl (C=O) groups excluding carboxylic acids is 2. The Morgan fingerprint density at radius 2 is 1.07 bits per heavy atom. The van der Waals surface area contributed by atoms with Gasteiger partial charge in [-0.3, -0.25) is 14.1 Å². The van der Waals surface area contributed by atoms with Crippen molar-refractivity contribution in [2.24, 2.45) is 0 Å². The van der Waals surface area contributed by atoms with E-state index < -0.39 is 71.2 Å². The highest BCUT2D eigenvalue weighted by molar-refractivity contribution is 7.85. The van der Waals surface area contributed by atoms with Crippen molar-refractivity contribution in [3.63, 3.8) is 0 Å². The van der Waals surface area contributed by atoms with Crippen molar-refractivity contribution < 1.29 is 56.8 Å². The van der Waals surface area contributed by atoms with E-state index in [1.165, 1.54) is 44.9 Å². The van der Waals surface area contributed by atoms with Gasteiger partial charge in [-0.1, -0.05) is 114 Å². The molecule has 1 fully saturated rings. The Bertz CT molecular complexity index is 1230. The van der Waals surface area contributed by atoms with Gasteiger partial charge in [-0.05, 0) is 77.0 Å². The van der Waals surface area contributed by atoms with Gasteiger partial charge in [-0.25, -0.2) is 0 Å². The lowest BCUT2D eigenvalue weighted by molar-refractivity contribution is -0.297. The van der Waals surface area contributed by atoms with Gasteiger partial charge in [0.25, 0.3) is 10.1 Å². The summed E-state index contributed by atoms with van der Waals surface area (Å²) in [7, 11) is -4.61. The van der Waals surface area contributed by atoms with Crippen LogP contribution in [0.4, 0.5) is 0 Å². The molecule has 0 spiro atoms. The molecule has 2 unspecified atom stereocenters. The molecule has 4 N–H and O–H groups in total. The fourth-order valence-corrected chi connectivity index (χ4v) is 6.72. The topological polar surface area (TPSA) is 186 Å². The van der Waals surface area contributed by atoms with Crippen LogP contribution >= 0.6 is 0 Å². The Balaban J connectivity index is 2.52. The van der Waals surface area contributed by atoms with Gasteiger partial charge in [-0.15, -0.1) is 0 Å². The molecule has 1 heterocycles. The second-order valence-electron chi connectivity index (χ2n) is 14.6. The molecule has 0 aromatic carbocycles. The van der Waals surface area contributed by atoms with Crippen LogP contribution in [0.5, 0.6) is 0 Å². The predicted molar refractivity (Wildman–Crippen MR) is 219 cm³/mol. The first-order chi connectivity index (χ1) is 27.0. The van der Waals surface area contributed by atoms with E-state index >= 15 is 0 Å². The summed E-state index contributed by atoms with van der Waals surface area (Å²) in [6, 6.07) is 0. The van der Waals surface area contributed by atoms with Gasteiger partial charge in [0.05, 0.1) is 6.61 Å². The maximum absolute atomic E-state index is 12.8. The standard InChI is InChI=1S/C43H74O12S/c1-3-5-7-9-11-13-15-17-18-20-21-23-25-27-29-31-38(44)52-33-36(34-53-43-42(48)41(47)40(46)37(55-43)35-56(49,50)51)54-39(45)32-30-28-26-24-22-19-16-14-12-10-8-6-4-2/h11,13-14,16-18,21,23,36-37,40-43,46-48H,3-10,12,15,19-20,22,24-35H2,1-2H3,(H,49,50,51)/b13-11+,16-14+,18-17+,23-21+/t36-,37-,40-,41?,42?,43+/m1/s1. The highest BCUT2D eigenvalue weighted by Gasteiger charge is 2.46. The molecule has 6 atom stereocenters. The van der Waals surface area contributed by atoms with Crippen LogP contribution in [0.3, 0.4) is 0 Å². The Labute approximate surface area is 337 Å². The van der Waals surface area contributed by atoms with Gasteiger partial charge in [-0.2, -0.15) is 8.42 Å². The molecular formula is C43H74O12S. The predicted octanol–water partition coefficient (Wildman–Crippen LogP) is 8.00. The van der Waals surface area contributed by atoms with Crippen molar-refractivity contribution in [1.82, 2.24) is 0 Å². The maximum Gasteiger partial charge on any atom is 0.306 e. The number of hydrogen-bond donors (Lipinski definition) is 4. The van der Waals surface area contributed by atoms with Crippen molar-refractivity contribution in [2.45, 2.75) is 192 Å². The molecule has 1 aliphatic heterocycles. The highest BCUT2D eigenvalue weighted by atomic mass is 32.2. The third kappa shape index (κ3) is 28.1. The van der Waals surface area contributed by atoms with E-state index in [1.807, 2.05) is 0 Å². The second kappa shape index (κ2) is 33.6. The minimum absolute atomic E-state index is 0.144. The van der Waals surface area contributed by atoms with E-state index in [0.717, 1.165) is 70.6 Å². The minimum atomic E-state index is -4.61. The first kappa shape index (κ1) is 51.6. The summed E-state index contributed by atoms with van der Waals surface area (Å²) in [6.07, 6.45) is 28.8. The molecule has 56 heavy (non-hydrogen) atoms. The fourth-order valence-electron chi connectivity index (χ4n) is 6.03. The molecule has 324 valence electrons. The quantitative estimate of drug-likeness (QED) is 0.0213. The molecular weight excluding hydrogens is 741 g/mol. The van der Waals surface area contributed by atoms with Crippen LogP contribution in [-0.2, 0) is 38.7 Å². The lowest BCUT2D eigenvalue weighted by atomic mass is 10.00.